The van der Waals surface area contributed by atoms with E-state index in [0.717, 1.165) is 11.4 Å². The van der Waals surface area contributed by atoms with E-state index in [9.17, 15) is 0 Å². The van der Waals surface area contributed by atoms with Crippen LogP contribution in [0, 0.1) is 6.92 Å². The third-order valence-corrected chi connectivity index (χ3v) is 2.75. The Morgan fingerprint density at radius 2 is 2.33 bits per heavy atom. The molecule has 62 valence electrons. The topological polar surface area (TPSA) is 30.7 Å². The van der Waals surface area contributed by atoms with E-state index >= 15 is 0 Å². The molecule has 0 amide bonds. The van der Waals surface area contributed by atoms with Gasteiger partial charge in [-0.3, -0.25) is 4.68 Å². The minimum absolute atomic E-state index is 1.07. The van der Waals surface area contributed by atoms with Crippen molar-refractivity contribution in [3.8, 4) is 10.6 Å². The average Bonchev–Trinajstić information content (AvgIpc) is 2.59. The van der Waals surface area contributed by atoms with Gasteiger partial charge in [-0.25, -0.2) is 4.98 Å². The van der Waals surface area contributed by atoms with Crippen molar-refractivity contribution in [2.24, 2.45) is 7.05 Å². The molecule has 2 aromatic rings. The molecule has 0 bridgehead atoms. The predicted octanol–water partition coefficient (Wildman–Crippen LogP) is 1.85. The van der Waals surface area contributed by atoms with E-state index in [0.29, 0.717) is 0 Å². The van der Waals surface area contributed by atoms with Crippen molar-refractivity contribution in [3.05, 3.63) is 23.5 Å². The second kappa shape index (κ2) is 2.71. The highest BCUT2D eigenvalue weighted by Crippen LogP contribution is 2.25. The second-order valence-electron chi connectivity index (χ2n) is 2.61. The van der Waals surface area contributed by atoms with Gasteiger partial charge in [0.05, 0.1) is 21.8 Å². The van der Waals surface area contributed by atoms with E-state index in [1.165, 1.54) is 4.88 Å². The summed E-state index contributed by atoms with van der Waals surface area (Å²) in [6, 6.07) is 2.00. The summed E-state index contributed by atoms with van der Waals surface area (Å²) in [5, 5.41) is 4.11. The Bertz CT molecular complexity index is 350. The molecular formula is C8H9N3S. The molecule has 0 aliphatic carbocycles. The maximum Gasteiger partial charge on any atom is 0.0801 e. The van der Waals surface area contributed by atoms with Crippen molar-refractivity contribution in [3.63, 3.8) is 0 Å². The lowest BCUT2D eigenvalue weighted by Gasteiger charge is -1.97. The molecule has 2 rings (SSSR count). The summed E-state index contributed by atoms with van der Waals surface area (Å²) in [4.78, 5) is 5.39. The molecule has 0 aliphatic heterocycles. The Morgan fingerprint density at radius 1 is 1.50 bits per heavy atom. The van der Waals surface area contributed by atoms with E-state index in [4.69, 9.17) is 0 Å². The van der Waals surface area contributed by atoms with E-state index < -0.39 is 0 Å². The van der Waals surface area contributed by atoms with Gasteiger partial charge in [-0.2, -0.15) is 5.10 Å². The zero-order valence-electron chi connectivity index (χ0n) is 6.98. The summed E-state index contributed by atoms with van der Waals surface area (Å²) >= 11 is 1.65. The molecule has 0 fully saturated rings. The van der Waals surface area contributed by atoms with E-state index in [1.807, 2.05) is 30.2 Å². The first kappa shape index (κ1) is 7.49. The number of aryl methyl sites for hydroxylation is 2. The van der Waals surface area contributed by atoms with Crippen LogP contribution in [-0.4, -0.2) is 14.8 Å². The summed E-state index contributed by atoms with van der Waals surface area (Å²) < 4.78 is 1.86. The molecule has 0 aromatic carbocycles. The van der Waals surface area contributed by atoms with E-state index in [-0.39, 0.29) is 0 Å². The van der Waals surface area contributed by atoms with Crippen LogP contribution in [0.15, 0.2) is 17.8 Å². The number of nitrogens with zero attached hydrogens (tertiary/aromatic N) is 3. The Morgan fingerprint density at radius 3 is 2.83 bits per heavy atom. The second-order valence-corrected chi connectivity index (χ2v) is 3.46. The van der Waals surface area contributed by atoms with Gasteiger partial charge in [0, 0.05) is 13.2 Å². The largest absolute Gasteiger partial charge is 0.267 e. The fourth-order valence-electron chi connectivity index (χ4n) is 1.14. The number of rotatable bonds is 1. The summed E-state index contributed by atoms with van der Waals surface area (Å²) in [5.74, 6) is 0. The number of thiazole rings is 1. The Hall–Kier alpha value is -1.16. The van der Waals surface area contributed by atoms with Crippen molar-refractivity contribution in [1.82, 2.24) is 14.8 Å². The molecule has 2 heterocycles. The molecule has 0 spiro atoms. The van der Waals surface area contributed by atoms with Gasteiger partial charge < -0.3 is 0 Å². The van der Waals surface area contributed by atoms with Crippen molar-refractivity contribution in [1.29, 1.82) is 0 Å². The van der Waals surface area contributed by atoms with Gasteiger partial charge in [0.2, 0.25) is 0 Å². The molecule has 0 radical (unpaired) electrons. The zero-order chi connectivity index (χ0) is 8.55. The standard InChI is InChI=1S/C8H9N3S/c1-6-8(12-5-9-6)7-3-4-10-11(7)2/h3-5H,1-2H3. The van der Waals surface area contributed by atoms with Crippen LogP contribution < -0.4 is 0 Å². The van der Waals surface area contributed by atoms with Crippen LogP contribution in [-0.2, 0) is 7.05 Å². The highest BCUT2D eigenvalue weighted by molar-refractivity contribution is 7.13. The molecule has 2 aromatic heterocycles. The Kier molecular flexibility index (Phi) is 1.69. The quantitative estimate of drug-likeness (QED) is 0.669. The number of hydrogen-bond acceptors (Lipinski definition) is 3. The minimum atomic E-state index is 1.07. The lowest BCUT2D eigenvalue weighted by Crippen LogP contribution is -1.92. The minimum Gasteiger partial charge on any atom is -0.267 e. The van der Waals surface area contributed by atoms with Gasteiger partial charge in [0.15, 0.2) is 0 Å². The highest BCUT2D eigenvalue weighted by atomic mass is 32.1. The molecule has 3 nitrogen and oxygen atoms in total. The molecule has 0 unspecified atom stereocenters. The molecule has 0 atom stereocenters. The van der Waals surface area contributed by atoms with Gasteiger partial charge in [0.25, 0.3) is 0 Å². The van der Waals surface area contributed by atoms with Crippen molar-refractivity contribution < 1.29 is 0 Å². The van der Waals surface area contributed by atoms with Gasteiger partial charge in [-0.15, -0.1) is 11.3 Å². The number of hydrogen-bond donors (Lipinski definition) is 0. The summed E-state index contributed by atoms with van der Waals surface area (Å²) in [6.45, 7) is 2.01. The summed E-state index contributed by atoms with van der Waals surface area (Å²) in [5.41, 5.74) is 4.07. The van der Waals surface area contributed by atoms with Crippen LogP contribution in [0.1, 0.15) is 5.69 Å². The maximum atomic E-state index is 4.19. The molecular weight excluding hydrogens is 170 g/mol. The van der Waals surface area contributed by atoms with Crippen LogP contribution in [0.25, 0.3) is 10.6 Å². The molecule has 4 heteroatoms. The van der Waals surface area contributed by atoms with Crippen molar-refractivity contribution in [2.45, 2.75) is 6.92 Å². The first-order valence-electron chi connectivity index (χ1n) is 3.67. The van der Waals surface area contributed by atoms with Gasteiger partial charge in [-0.05, 0) is 13.0 Å². The maximum absolute atomic E-state index is 4.19. The first-order chi connectivity index (χ1) is 5.79. The fraction of sp³-hybridized carbons (Fsp3) is 0.250. The molecule has 0 aliphatic rings. The SMILES string of the molecule is Cc1ncsc1-c1ccnn1C. The summed E-state index contributed by atoms with van der Waals surface area (Å²) in [6.07, 6.45) is 1.80. The number of aromatic nitrogens is 3. The van der Waals surface area contributed by atoms with Gasteiger partial charge in [-0.1, -0.05) is 0 Å². The molecule has 0 saturated carbocycles. The molecule has 0 N–H and O–H groups in total. The van der Waals surface area contributed by atoms with Crippen LogP contribution in [0.4, 0.5) is 0 Å². The van der Waals surface area contributed by atoms with Crippen LogP contribution in [0.2, 0.25) is 0 Å². The fourth-order valence-corrected chi connectivity index (χ4v) is 2.00. The average molecular weight is 179 g/mol. The monoisotopic (exact) mass is 179 g/mol. The van der Waals surface area contributed by atoms with Crippen molar-refractivity contribution >= 4 is 11.3 Å². The lowest BCUT2D eigenvalue weighted by molar-refractivity contribution is 0.776. The smallest absolute Gasteiger partial charge is 0.0801 e. The summed E-state index contributed by atoms with van der Waals surface area (Å²) in [7, 11) is 1.94. The highest BCUT2D eigenvalue weighted by Gasteiger charge is 2.07. The molecule has 12 heavy (non-hydrogen) atoms. The van der Waals surface area contributed by atoms with E-state index in [2.05, 4.69) is 10.1 Å². The van der Waals surface area contributed by atoms with Crippen LogP contribution in [0.5, 0.6) is 0 Å². The predicted molar refractivity (Wildman–Crippen MR) is 49.1 cm³/mol. The Balaban J connectivity index is 2.57. The van der Waals surface area contributed by atoms with Crippen molar-refractivity contribution in [2.75, 3.05) is 0 Å². The molecule has 0 saturated heterocycles. The third-order valence-electron chi connectivity index (χ3n) is 1.80. The van der Waals surface area contributed by atoms with Crippen LogP contribution in [0.3, 0.4) is 0 Å². The van der Waals surface area contributed by atoms with Crippen LogP contribution >= 0.6 is 11.3 Å². The van der Waals surface area contributed by atoms with E-state index in [1.54, 1.807) is 17.5 Å². The van der Waals surface area contributed by atoms with Gasteiger partial charge >= 0.3 is 0 Å². The Labute approximate surface area is 74.7 Å². The normalized spacial score (nSPS) is 10.5. The first-order valence-corrected chi connectivity index (χ1v) is 4.55. The zero-order valence-corrected chi connectivity index (χ0v) is 7.80. The lowest BCUT2D eigenvalue weighted by atomic mass is 10.3. The van der Waals surface area contributed by atoms with Gasteiger partial charge in [0.1, 0.15) is 0 Å². The third kappa shape index (κ3) is 1.04.